The highest BCUT2D eigenvalue weighted by molar-refractivity contribution is 7.47. The summed E-state index contributed by atoms with van der Waals surface area (Å²) in [6.45, 7) is -1.76. The number of fused-ring (bicyclic) bond motifs is 2. The van der Waals surface area contributed by atoms with Gasteiger partial charge in [0.25, 0.3) is 5.56 Å². The van der Waals surface area contributed by atoms with Gasteiger partial charge in [-0.3, -0.25) is 32.5 Å². The molecule has 25 heteroatoms. The van der Waals surface area contributed by atoms with E-state index in [-0.39, 0.29) is 34.1 Å². The first-order valence-corrected chi connectivity index (χ1v) is 16.3. The van der Waals surface area contributed by atoms with E-state index in [0.717, 1.165) is 21.8 Å². The number of aliphatic hydroxyl groups is 1. The van der Waals surface area contributed by atoms with E-state index in [2.05, 4.69) is 29.9 Å². The SMILES string of the molecule is Nc1nc2c(ncn2[C@@H]2O[C@H](CO)C(OP(=O)(O)OC[C@H]3O[C@@H](n4cnc5c(N)ncnc54)C(F)C3OC[PH](=O)O)C2F)c(=O)[nH]1. The number of ether oxygens (including phenoxy) is 3. The molecule has 10 atom stereocenters. The zero-order valence-electron chi connectivity index (χ0n) is 23.1. The molecule has 6 unspecified atom stereocenters. The molecule has 2 fully saturated rings. The van der Waals surface area contributed by atoms with Crippen molar-refractivity contribution in [3.63, 3.8) is 0 Å². The monoisotopic (exact) mass is 694 g/mol. The second kappa shape index (κ2) is 12.6. The van der Waals surface area contributed by atoms with Gasteiger partial charge in [-0.25, -0.2) is 33.3 Å². The maximum atomic E-state index is 15.7. The number of alkyl halides is 2. The lowest BCUT2D eigenvalue weighted by Crippen LogP contribution is -2.35. The fourth-order valence-corrected chi connectivity index (χ4v) is 6.44. The molecule has 2 saturated heterocycles. The number of hydrogen-bond acceptors (Lipinski definition) is 16. The third kappa shape index (κ3) is 6.01. The number of hydrogen-bond donors (Lipinski definition) is 6. The van der Waals surface area contributed by atoms with Gasteiger partial charge in [-0.15, -0.1) is 0 Å². The largest absolute Gasteiger partial charge is 0.472 e. The Labute approximate surface area is 254 Å². The first-order chi connectivity index (χ1) is 21.9. The molecule has 2 aliphatic heterocycles. The van der Waals surface area contributed by atoms with E-state index in [4.69, 9.17) is 34.7 Å². The van der Waals surface area contributed by atoms with Crippen LogP contribution in [0.4, 0.5) is 20.5 Å². The first kappa shape index (κ1) is 32.4. The molecule has 0 spiro atoms. The Bertz CT molecular complexity index is 1880. The Morgan fingerprint density at radius 1 is 1.02 bits per heavy atom. The number of anilines is 2. The molecule has 2 aliphatic rings. The molecule has 6 heterocycles. The van der Waals surface area contributed by atoms with Crippen LogP contribution in [-0.2, 0) is 32.4 Å². The quantitative estimate of drug-likeness (QED) is 0.101. The van der Waals surface area contributed by atoms with E-state index >= 15 is 8.78 Å². The van der Waals surface area contributed by atoms with E-state index < -0.39 is 90.2 Å². The molecule has 0 saturated carbocycles. The van der Waals surface area contributed by atoms with E-state index in [1.54, 1.807) is 0 Å². The molecule has 4 aromatic rings. The van der Waals surface area contributed by atoms with Gasteiger partial charge in [0.15, 0.2) is 47.4 Å². The number of nitrogens with one attached hydrogen (secondary N) is 1. The first-order valence-electron chi connectivity index (χ1n) is 13.2. The second-order valence-electron chi connectivity index (χ2n) is 10.1. The number of phosphoric acid groups is 1. The Morgan fingerprint density at radius 2 is 1.67 bits per heavy atom. The van der Waals surface area contributed by atoms with Gasteiger partial charge in [-0.2, -0.15) is 4.98 Å². The van der Waals surface area contributed by atoms with Crippen molar-refractivity contribution in [3.8, 4) is 0 Å². The van der Waals surface area contributed by atoms with Crippen molar-refractivity contribution >= 4 is 49.9 Å². The summed E-state index contributed by atoms with van der Waals surface area (Å²) in [5.74, 6) is -0.297. The van der Waals surface area contributed by atoms with Crippen molar-refractivity contribution in [3.05, 3.63) is 29.3 Å². The van der Waals surface area contributed by atoms with Gasteiger partial charge in [0.05, 0.1) is 25.9 Å². The minimum Gasteiger partial charge on any atom is -0.394 e. The zero-order chi connectivity index (χ0) is 32.9. The van der Waals surface area contributed by atoms with Crippen LogP contribution in [0.2, 0.25) is 0 Å². The van der Waals surface area contributed by atoms with Crippen LogP contribution in [0.3, 0.4) is 0 Å². The Hall–Kier alpha value is -3.50. The lowest BCUT2D eigenvalue weighted by atomic mass is 10.1. The number of aromatic nitrogens is 8. The molecule has 6 rings (SSSR count). The highest BCUT2D eigenvalue weighted by Crippen LogP contribution is 2.50. The van der Waals surface area contributed by atoms with Crippen molar-refractivity contribution in [2.45, 2.75) is 49.2 Å². The number of imidazole rings is 2. The molecular weight excluding hydrogens is 668 g/mol. The summed E-state index contributed by atoms with van der Waals surface area (Å²) in [6.07, 6.45) is -11.4. The minimum absolute atomic E-state index is 0.00263. The normalized spacial score (nSPS) is 30.3. The Balaban J connectivity index is 1.18. The fraction of sp³-hybridized carbons (Fsp3) is 0.524. The average Bonchev–Trinajstić information content (AvgIpc) is 3.76. The number of nitrogens with zero attached hydrogens (tertiary/aromatic N) is 7. The van der Waals surface area contributed by atoms with Crippen LogP contribution >= 0.6 is 15.9 Å². The third-order valence-corrected chi connectivity index (χ3v) is 8.55. The summed E-state index contributed by atoms with van der Waals surface area (Å²) in [5, 5.41) is 9.80. The van der Waals surface area contributed by atoms with Crippen molar-refractivity contribution in [2.75, 3.05) is 31.0 Å². The fourth-order valence-electron chi connectivity index (χ4n) is 5.15. The summed E-state index contributed by atoms with van der Waals surface area (Å²) in [6, 6.07) is 0. The van der Waals surface area contributed by atoms with Crippen LogP contribution in [0.15, 0.2) is 23.8 Å². The van der Waals surface area contributed by atoms with Gasteiger partial charge in [0, 0.05) is 0 Å². The number of nitrogen functional groups attached to an aromatic ring is 2. The van der Waals surface area contributed by atoms with Crippen molar-refractivity contribution in [1.29, 1.82) is 0 Å². The topological polar surface area (TPSA) is 300 Å². The molecule has 0 aromatic carbocycles. The van der Waals surface area contributed by atoms with E-state index in [1.807, 2.05) is 0 Å². The van der Waals surface area contributed by atoms with Gasteiger partial charge in [-0.05, 0) is 0 Å². The maximum absolute atomic E-state index is 15.7. The van der Waals surface area contributed by atoms with Crippen LogP contribution in [0.25, 0.3) is 22.3 Å². The summed E-state index contributed by atoms with van der Waals surface area (Å²) in [7, 11) is -8.45. The van der Waals surface area contributed by atoms with Gasteiger partial charge in [-0.1, -0.05) is 0 Å². The van der Waals surface area contributed by atoms with Gasteiger partial charge in [0.1, 0.15) is 42.6 Å². The van der Waals surface area contributed by atoms with Crippen molar-refractivity contribution in [1.82, 2.24) is 39.0 Å². The van der Waals surface area contributed by atoms with E-state index in [9.17, 15) is 28.8 Å². The predicted molar refractivity (Wildman–Crippen MR) is 149 cm³/mol. The number of H-pyrrole nitrogens is 1. The lowest BCUT2D eigenvalue weighted by Gasteiger charge is -2.23. The van der Waals surface area contributed by atoms with Crippen LogP contribution in [-0.4, -0.2) is 110 Å². The summed E-state index contributed by atoms with van der Waals surface area (Å²) in [4.78, 5) is 53.8. The van der Waals surface area contributed by atoms with Gasteiger partial charge in [0.2, 0.25) is 14.0 Å². The number of aliphatic hydroxyl groups excluding tert-OH is 1. The number of nitrogens with two attached hydrogens (primary N) is 2. The second-order valence-corrected chi connectivity index (χ2v) is 12.5. The minimum atomic E-state index is -5.22. The molecule has 0 amide bonds. The molecule has 0 bridgehead atoms. The molecule has 8 N–H and O–H groups in total. The molecule has 21 nitrogen and oxygen atoms in total. The third-order valence-electron chi connectivity index (χ3n) is 7.16. The summed E-state index contributed by atoms with van der Waals surface area (Å²) >= 11 is 0. The Morgan fingerprint density at radius 3 is 2.37 bits per heavy atom. The lowest BCUT2D eigenvalue weighted by molar-refractivity contribution is -0.0618. The van der Waals surface area contributed by atoms with Crippen LogP contribution in [0, 0.1) is 0 Å². The van der Waals surface area contributed by atoms with Crippen LogP contribution in [0.5, 0.6) is 0 Å². The molecule has 250 valence electrons. The van der Waals surface area contributed by atoms with Crippen LogP contribution < -0.4 is 17.0 Å². The number of aromatic amines is 1. The predicted octanol–water partition coefficient (Wildman–Crippen LogP) is -1.10. The van der Waals surface area contributed by atoms with Crippen molar-refractivity contribution in [2.24, 2.45) is 0 Å². The Kier molecular flexibility index (Phi) is 8.89. The number of halogens is 2. The van der Waals surface area contributed by atoms with Gasteiger partial charge >= 0.3 is 7.82 Å². The van der Waals surface area contributed by atoms with Gasteiger partial charge < -0.3 is 40.6 Å². The maximum Gasteiger partial charge on any atom is 0.472 e. The highest BCUT2D eigenvalue weighted by atomic mass is 31.2. The zero-order valence-corrected chi connectivity index (χ0v) is 25.0. The molecule has 4 aromatic heterocycles. The van der Waals surface area contributed by atoms with E-state index in [1.165, 1.54) is 6.33 Å². The number of phosphoric ester groups is 1. The average molecular weight is 694 g/mol. The number of rotatable bonds is 11. The summed E-state index contributed by atoms with van der Waals surface area (Å²) < 4.78 is 84.4. The molecular formula is C21H26F2N10O11P2. The smallest absolute Gasteiger partial charge is 0.394 e. The molecule has 0 radical (unpaired) electrons. The highest BCUT2D eigenvalue weighted by Gasteiger charge is 2.52. The molecule has 46 heavy (non-hydrogen) atoms. The standard InChI is InChI=1S/C21H26F2N10O11P2/c22-9-13(40-6-45(36)37)8(43-19(9)32-4-28-11-15(24)26-3-27-16(11)32)2-41-46(38,39)44-14-7(1-34)42-20(10(14)23)33-5-29-12-17(33)30-21(25)31-18(12)35/h3-5,7-10,13-14,19-20,34,45H,1-2,6H2,(H,36,37)(H,38,39)(H2,24,26,27)(H3,25,30,31,35)/t7-,8-,9?,10?,13?,14?,19-,20-/m1/s1. The van der Waals surface area contributed by atoms with E-state index in [0.29, 0.717) is 0 Å². The van der Waals surface area contributed by atoms with Crippen molar-refractivity contribution < 1.29 is 56.1 Å². The van der Waals surface area contributed by atoms with Crippen LogP contribution in [0.1, 0.15) is 12.5 Å². The molecule has 0 aliphatic carbocycles. The summed E-state index contributed by atoms with van der Waals surface area (Å²) in [5.41, 5.74) is 10.5.